The first-order valence-electron chi connectivity index (χ1n) is 20.0. The Balaban J connectivity index is 1.39. The van der Waals surface area contributed by atoms with Crippen molar-refractivity contribution in [2.75, 3.05) is 0 Å². The smallest absolute Gasteiger partial charge is 0.226 e. The molecular formula is C54H25F9N4. The monoisotopic (exact) mass is 900 g/mol. The van der Waals surface area contributed by atoms with Gasteiger partial charge in [0.2, 0.25) is 0 Å². The Kier molecular flexibility index (Phi) is 10.3. The third-order valence-corrected chi connectivity index (χ3v) is 11.9. The summed E-state index contributed by atoms with van der Waals surface area (Å²) in [6.07, 6.45) is -14.0. The van der Waals surface area contributed by atoms with Gasteiger partial charge >= 0.3 is 18.5 Å². The summed E-state index contributed by atoms with van der Waals surface area (Å²) in [6, 6.07) is 34.5. The predicted octanol–water partition coefficient (Wildman–Crippen LogP) is 16.1. The fourth-order valence-electron chi connectivity index (χ4n) is 8.82. The second kappa shape index (κ2) is 15.8. The summed E-state index contributed by atoms with van der Waals surface area (Å²) in [6.45, 7) is 18.1. The average molecular weight is 901 g/mol. The average Bonchev–Trinajstić information content (AvgIpc) is 3.79. The van der Waals surface area contributed by atoms with Crippen molar-refractivity contribution in [3.05, 3.63) is 212 Å². The Morgan fingerprint density at radius 1 is 0.388 bits per heavy atom. The van der Waals surface area contributed by atoms with Crippen molar-refractivity contribution < 1.29 is 39.5 Å². The van der Waals surface area contributed by atoms with Crippen molar-refractivity contribution in [2.45, 2.75) is 25.5 Å². The summed E-state index contributed by atoms with van der Waals surface area (Å²) in [5, 5.41) is 20.9. The molecular weight excluding hydrogens is 876 g/mol. The largest absolute Gasteiger partial charge is 0.416 e. The van der Waals surface area contributed by atoms with Gasteiger partial charge in [0.05, 0.1) is 42.0 Å². The van der Waals surface area contributed by atoms with Gasteiger partial charge in [0.15, 0.2) is 0 Å². The molecule has 7 aromatic carbocycles. The number of benzene rings is 7. The van der Waals surface area contributed by atoms with E-state index in [1.165, 1.54) is 36.4 Å². The standard InChI is InChI=1S/C54H25F9N4/c1-28-4-6-29(7-5-28)33-20-38(31-10-16-36(17-11-31)53(58,59)60)48-40-24-41-43(25-42(40)50(44(48)22-33)46(26-64)66-2)51(47(27-65)67-3)45-23-34(30-8-14-35(15-9-30)52(55,56)57)21-39(49(41)45)32-12-18-37(19-13-32)54(61,62)63/h4-25H,1H3/b50-46-,51-47+. The molecule has 0 saturated heterocycles. The van der Waals surface area contributed by atoms with Crippen LogP contribution in [-0.4, -0.2) is 0 Å². The summed E-state index contributed by atoms with van der Waals surface area (Å²) in [5.41, 5.74) is 3.85. The number of aryl methyl sites for hydroxylation is 1. The van der Waals surface area contributed by atoms with Gasteiger partial charge in [-0.3, -0.25) is 0 Å². The van der Waals surface area contributed by atoms with Crippen molar-refractivity contribution in [3.63, 3.8) is 0 Å². The zero-order valence-corrected chi connectivity index (χ0v) is 34.4. The number of hydrogen-bond acceptors (Lipinski definition) is 2. The van der Waals surface area contributed by atoms with Gasteiger partial charge < -0.3 is 0 Å². The molecule has 0 atom stereocenters. The van der Waals surface area contributed by atoms with E-state index in [0.717, 1.165) is 47.5 Å². The fourth-order valence-corrected chi connectivity index (χ4v) is 8.82. The summed E-state index contributed by atoms with van der Waals surface area (Å²) < 4.78 is 124. The minimum Gasteiger partial charge on any atom is -0.226 e. The van der Waals surface area contributed by atoms with E-state index in [1.54, 1.807) is 36.4 Å². The molecule has 0 heterocycles. The Labute approximate surface area is 376 Å². The molecule has 324 valence electrons. The molecule has 0 radical (unpaired) electrons. The molecule has 0 amide bonds. The van der Waals surface area contributed by atoms with E-state index in [1.807, 2.05) is 43.3 Å². The second-order valence-corrected chi connectivity index (χ2v) is 15.8. The maximum atomic E-state index is 13.9. The normalized spacial score (nSPS) is 14.1. The minimum absolute atomic E-state index is 0.0900. The van der Waals surface area contributed by atoms with Crippen molar-refractivity contribution in [2.24, 2.45) is 0 Å². The van der Waals surface area contributed by atoms with Crippen LogP contribution < -0.4 is 0 Å². The highest BCUT2D eigenvalue weighted by atomic mass is 19.4. The van der Waals surface area contributed by atoms with Crippen LogP contribution in [0.3, 0.4) is 0 Å². The summed E-state index contributed by atoms with van der Waals surface area (Å²) in [7, 11) is 0. The first-order chi connectivity index (χ1) is 31.8. The lowest BCUT2D eigenvalue weighted by Crippen LogP contribution is -2.04. The third-order valence-electron chi connectivity index (χ3n) is 11.9. The molecule has 0 aromatic heterocycles. The van der Waals surface area contributed by atoms with Crippen LogP contribution in [0.4, 0.5) is 39.5 Å². The topological polar surface area (TPSA) is 56.3 Å². The van der Waals surface area contributed by atoms with Crippen LogP contribution in [0, 0.1) is 42.7 Å². The molecule has 2 aliphatic rings. The van der Waals surface area contributed by atoms with Gasteiger partial charge in [0, 0.05) is 11.1 Å². The maximum absolute atomic E-state index is 13.9. The molecule has 4 nitrogen and oxygen atoms in total. The number of allylic oxidation sites excluding steroid dienone is 2. The Morgan fingerprint density at radius 3 is 1.00 bits per heavy atom. The quantitative estimate of drug-likeness (QED) is 0.100. The van der Waals surface area contributed by atoms with Crippen molar-refractivity contribution in [1.82, 2.24) is 0 Å². The number of rotatable bonds is 4. The lowest BCUT2D eigenvalue weighted by atomic mass is 9.87. The zero-order valence-electron chi connectivity index (χ0n) is 34.4. The van der Waals surface area contributed by atoms with Gasteiger partial charge in [-0.2, -0.15) is 39.5 Å². The zero-order chi connectivity index (χ0) is 47.7. The first kappa shape index (κ1) is 43.6. The molecule has 0 N–H and O–H groups in total. The molecule has 0 saturated carbocycles. The molecule has 0 unspecified atom stereocenters. The second-order valence-electron chi connectivity index (χ2n) is 15.8. The van der Waals surface area contributed by atoms with Crippen molar-refractivity contribution >= 4 is 11.1 Å². The number of halogens is 9. The molecule has 2 aliphatic carbocycles. The van der Waals surface area contributed by atoms with Crippen LogP contribution in [0.5, 0.6) is 0 Å². The van der Waals surface area contributed by atoms with Gasteiger partial charge in [-0.25, -0.2) is 20.2 Å². The molecule has 67 heavy (non-hydrogen) atoms. The van der Waals surface area contributed by atoms with E-state index >= 15 is 0 Å². The van der Waals surface area contributed by atoms with Crippen LogP contribution >= 0.6 is 0 Å². The molecule has 13 heteroatoms. The Bertz CT molecular complexity index is 3440. The Morgan fingerprint density at radius 2 is 0.687 bits per heavy atom. The summed E-state index contributed by atoms with van der Waals surface area (Å²) in [5.74, 6) is 0. The summed E-state index contributed by atoms with van der Waals surface area (Å²) in [4.78, 5) is 7.13. The number of hydrogen-bond donors (Lipinski definition) is 0. The predicted molar refractivity (Wildman–Crippen MR) is 235 cm³/mol. The minimum atomic E-state index is -4.70. The van der Waals surface area contributed by atoms with Gasteiger partial charge in [0.25, 0.3) is 11.4 Å². The van der Waals surface area contributed by atoms with Gasteiger partial charge in [-0.15, -0.1) is 0 Å². The van der Waals surface area contributed by atoms with E-state index in [0.29, 0.717) is 61.2 Å². The molecule has 0 spiro atoms. The molecule has 0 aliphatic heterocycles. The molecule has 0 fully saturated rings. The van der Waals surface area contributed by atoms with Gasteiger partial charge in [-0.05, 0) is 169 Å². The summed E-state index contributed by atoms with van der Waals surface area (Å²) >= 11 is 0. The fraction of sp³-hybridized carbons (Fsp3) is 0.0741. The molecule has 0 bridgehead atoms. The lowest BCUT2D eigenvalue weighted by Gasteiger charge is -2.17. The van der Waals surface area contributed by atoms with E-state index in [4.69, 9.17) is 13.1 Å². The van der Waals surface area contributed by atoms with E-state index in [9.17, 15) is 50.0 Å². The van der Waals surface area contributed by atoms with Crippen molar-refractivity contribution in [1.29, 1.82) is 10.5 Å². The number of fused-ring (bicyclic) bond motifs is 6. The van der Waals surface area contributed by atoms with Crippen LogP contribution in [0.2, 0.25) is 0 Å². The highest BCUT2D eigenvalue weighted by molar-refractivity contribution is 6.15. The SMILES string of the molecule is [C-]#[N+]/C(C#N)=C1/c2cc3c(cc2-c2c1cc(-c1ccc(C)cc1)cc2-c1ccc(C(F)(F)F)cc1)-c1c(cc(-c2ccc(C(F)(F)F)cc2)cc1-c1ccc(C(F)(F)F)cc1)/C3=C(\C#N)[N+]#[C-]. The first-order valence-corrected chi connectivity index (χ1v) is 20.0. The van der Waals surface area contributed by atoms with E-state index < -0.39 is 40.9 Å². The van der Waals surface area contributed by atoms with Crippen LogP contribution in [0.15, 0.2) is 145 Å². The van der Waals surface area contributed by atoms with Crippen LogP contribution in [0.1, 0.15) is 44.5 Å². The third kappa shape index (κ3) is 7.47. The molecule has 7 aromatic rings. The number of nitrogens with zero attached hydrogens (tertiary/aromatic N) is 4. The molecule has 9 rings (SSSR count). The Hall–Kier alpha value is -8.65. The number of nitriles is 2. The van der Waals surface area contributed by atoms with Crippen molar-refractivity contribution in [3.8, 4) is 78.9 Å². The highest BCUT2D eigenvalue weighted by Crippen LogP contribution is 2.58. The van der Waals surface area contributed by atoms with E-state index in [-0.39, 0.29) is 39.1 Å². The van der Waals surface area contributed by atoms with Crippen LogP contribution in [0.25, 0.3) is 87.6 Å². The highest BCUT2D eigenvalue weighted by Gasteiger charge is 2.38. The van der Waals surface area contributed by atoms with E-state index in [2.05, 4.69) is 9.69 Å². The van der Waals surface area contributed by atoms with Crippen LogP contribution in [-0.2, 0) is 18.5 Å². The lowest BCUT2D eigenvalue weighted by molar-refractivity contribution is -0.138. The van der Waals surface area contributed by atoms with Gasteiger partial charge in [-0.1, -0.05) is 66.2 Å². The maximum Gasteiger partial charge on any atom is 0.416 e. The van der Waals surface area contributed by atoms with Gasteiger partial charge in [0.1, 0.15) is 0 Å². The number of alkyl halides is 9.